The van der Waals surface area contributed by atoms with Crippen LogP contribution in [0.4, 0.5) is 5.69 Å². The maximum Gasteiger partial charge on any atom is 0.270 e. The van der Waals surface area contributed by atoms with E-state index in [1.165, 1.54) is 4.88 Å². The Hall–Kier alpha value is -1.92. The number of nitrogens with one attached hydrogen (secondary N) is 3. The summed E-state index contributed by atoms with van der Waals surface area (Å²) in [6.45, 7) is 6.12. The minimum absolute atomic E-state index is 0.194. The van der Waals surface area contributed by atoms with Crippen molar-refractivity contribution < 1.29 is 4.79 Å². The molecular formula is C16H19N3OS2. The van der Waals surface area contributed by atoms with Crippen molar-refractivity contribution in [3.05, 3.63) is 51.2 Å². The summed E-state index contributed by atoms with van der Waals surface area (Å²) in [5, 5.41) is 5.25. The molecule has 0 saturated heterocycles. The Bertz CT molecular complexity index is 674. The van der Waals surface area contributed by atoms with Gasteiger partial charge in [0, 0.05) is 15.9 Å². The minimum Gasteiger partial charge on any atom is -0.331 e. The zero-order valence-corrected chi connectivity index (χ0v) is 14.5. The van der Waals surface area contributed by atoms with Gasteiger partial charge in [-0.15, -0.1) is 11.3 Å². The minimum atomic E-state index is -0.194. The second-order valence-electron chi connectivity index (χ2n) is 5.06. The predicted molar refractivity (Wildman–Crippen MR) is 96.4 cm³/mol. The van der Waals surface area contributed by atoms with Gasteiger partial charge in [-0.05, 0) is 61.8 Å². The van der Waals surface area contributed by atoms with E-state index in [0.29, 0.717) is 10.7 Å². The lowest BCUT2D eigenvalue weighted by Crippen LogP contribution is -2.43. The van der Waals surface area contributed by atoms with Crippen LogP contribution in [0.15, 0.2) is 29.6 Å². The van der Waals surface area contributed by atoms with Crippen LogP contribution in [0, 0.1) is 13.8 Å². The largest absolute Gasteiger partial charge is 0.331 e. The normalized spacial score (nSPS) is 10.1. The van der Waals surface area contributed by atoms with Crippen molar-refractivity contribution in [1.29, 1.82) is 0 Å². The fourth-order valence-corrected chi connectivity index (χ4v) is 3.06. The van der Waals surface area contributed by atoms with Crippen molar-refractivity contribution in [1.82, 2.24) is 10.9 Å². The summed E-state index contributed by atoms with van der Waals surface area (Å²) in [7, 11) is 0. The second kappa shape index (κ2) is 7.38. The second-order valence-corrected chi connectivity index (χ2v) is 6.47. The van der Waals surface area contributed by atoms with Gasteiger partial charge in [0.25, 0.3) is 5.91 Å². The Morgan fingerprint density at radius 2 is 1.82 bits per heavy atom. The van der Waals surface area contributed by atoms with Gasteiger partial charge in [0.2, 0.25) is 0 Å². The maximum atomic E-state index is 12.0. The van der Waals surface area contributed by atoms with Crippen molar-refractivity contribution in [3.63, 3.8) is 0 Å². The van der Waals surface area contributed by atoms with Gasteiger partial charge in [-0.2, -0.15) is 0 Å². The van der Waals surface area contributed by atoms with Crippen LogP contribution in [0.5, 0.6) is 0 Å². The molecule has 4 nitrogen and oxygen atoms in total. The van der Waals surface area contributed by atoms with Gasteiger partial charge in [-0.3, -0.25) is 15.6 Å². The number of benzene rings is 1. The number of rotatable bonds is 3. The molecule has 0 aliphatic heterocycles. The summed E-state index contributed by atoms with van der Waals surface area (Å²) in [6, 6.07) is 7.97. The Balaban J connectivity index is 1.88. The Labute approximate surface area is 139 Å². The summed E-state index contributed by atoms with van der Waals surface area (Å²) >= 11 is 6.77. The zero-order valence-electron chi connectivity index (χ0n) is 12.8. The highest BCUT2D eigenvalue weighted by molar-refractivity contribution is 7.80. The molecule has 1 aromatic carbocycles. The average Bonchev–Trinajstić information content (AvgIpc) is 2.92. The number of hydrazine groups is 1. The fourth-order valence-electron chi connectivity index (χ4n) is 2.08. The molecule has 0 radical (unpaired) electrons. The third kappa shape index (κ3) is 4.54. The molecule has 2 aromatic rings. The average molecular weight is 333 g/mol. The van der Waals surface area contributed by atoms with Gasteiger partial charge >= 0.3 is 0 Å². The lowest BCUT2D eigenvalue weighted by molar-refractivity contribution is 0.0944. The van der Waals surface area contributed by atoms with Gasteiger partial charge < -0.3 is 5.32 Å². The van der Waals surface area contributed by atoms with Crippen molar-refractivity contribution in [2.45, 2.75) is 27.2 Å². The van der Waals surface area contributed by atoms with Crippen LogP contribution in [0.1, 0.15) is 33.3 Å². The van der Waals surface area contributed by atoms with E-state index in [-0.39, 0.29) is 5.91 Å². The number of anilines is 1. The Morgan fingerprint density at radius 1 is 1.14 bits per heavy atom. The van der Waals surface area contributed by atoms with E-state index >= 15 is 0 Å². The van der Waals surface area contributed by atoms with Gasteiger partial charge in [-0.1, -0.05) is 13.0 Å². The van der Waals surface area contributed by atoms with Crippen LogP contribution in [0.25, 0.3) is 0 Å². The number of hydrogen-bond donors (Lipinski definition) is 3. The quantitative estimate of drug-likeness (QED) is 0.594. The molecule has 22 heavy (non-hydrogen) atoms. The molecule has 0 aliphatic rings. The predicted octanol–water partition coefficient (Wildman–Crippen LogP) is 3.56. The molecule has 6 heteroatoms. The molecule has 0 saturated carbocycles. The number of amides is 1. The third-order valence-corrected chi connectivity index (χ3v) is 4.32. The number of hydrogen-bond acceptors (Lipinski definition) is 3. The van der Waals surface area contributed by atoms with E-state index in [9.17, 15) is 4.79 Å². The number of carbonyl (C=O) groups is 1. The molecule has 0 atom stereocenters. The Morgan fingerprint density at radius 3 is 2.41 bits per heavy atom. The first-order valence-corrected chi connectivity index (χ1v) is 8.29. The van der Waals surface area contributed by atoms with Crippen molar-refractivity contribution >= 4 is 40.3 Å². The van der Waals surface area contributed by atoms with Crippen LogP contribution in [0.3, 0.4) is 0 Å². The highest BCUT2D eigenvalue weighted by Crippen LogP contribution is 2.15. The van der Waals surface area contributed by atoms with Gasteiger partial charge in [-0.25, -0.2) is 0 Å². The number of aryl methyl sites for hydroxylation is 3. The molecule has 116 valence electrons. The lowest BCUT2D eigenvalue weighted by Gasteiger charge is -2.12. The van der Waals surface area contributed by atoms with Crippen molar-refractivity contribution in [2.75, 3.05) is 5.32 Å². The van der Waals surface area contributed by atoms with Crippen LogP contribution in [-0.2, 0) is 6.42 Å². The summed E-state index contributed by atoms with van der Waals surface area (Å²) in [5.74, 6) is -0.194. The molecule has 0 bridgehead atoms. The summed E-state index contributed by atoms with van der Waals surface area (Å²) < 4.78 is 0. The highest BCUT2D eigenvalue weighted by atomic mass is 32.1. The molecule has 0 fully saturated rings. The lowest BCUT2D eigenvalue weighted by atomic mass is 10.1. The van der Waals surface area contributed by atoms with Crippen molar-refractivity contribution in [3.8, 4) is 0 Å². The smallest absolute Gasteiger partial charge is 0.270 e. The molecule has 2 rings (SSSR count). The third-order valence-electron chi connectivity index (χ3n) is 3.03. The van der Waals surface area contributed by atoms with E-state index in [0.717, 1.165) is 23.2 Å². The topological polar surface area (TPSA) is 53.2 Å². The first-order chi connectivity index (χ1) is 10.5. The van der Waals surface area contributed by atoms with Crippen LogP contribution in [-0.4, -0.2) is 11.0 Å². The number of thiophene rings is 1. The van der Waals surface area contributed by atoms with E-state index in [4.69, 9.17) is 12.2 Å². The highest BCUT2D eigenvalue weighted by Gasteiger charge is 2.08. The van der Waals surface area contributed by atoms with Gasteiger partial charge in [0.15, 0.2) is 5.11 Å². The van der Waals surface area contributed by atoms with Gasteiger partial charge in [0.05, 0.1) is 5.56 Å². The van der Waals surface area contributed by atoms with Gasteiger partial charge in [0.1, 0.15) is 0 Å². The van der Waals surface area contributed by atoms with Crippen molar-refractivity contribution in [2.24, 2.45) is 0 Å². The zero-order chi connectivity index (χ0) is 16.1. The summed E-state index contributed by atoms with van der Waals surface area (Å²) in [6.07, 6.45) is 0.929. The molecule has 1 heterocycles. The molecular weight excluding hydrogens is 314 g/mol. The standard InChI is InChI=1S/C16H19N3OS2/c1-4-14-8-12(9-22-14)15(20)18-19-16(21)17-13-6-10(2)5-11(3)7-13/h5-9H,4H2,1-3H3,(H,18,20)(H2,17,19,21). The molecule has 1 aromatic heterocycles. The number of thiocarbonyl (C=S) groups is 1. The summed E-state index contributed by atoms with van der Waals surface area (Å²) in [4.78, 5) is 13.2. The summed E-state index contributed by atoms with van der Waals surface area (Å²) in [5.41, 5.74) is 9.16. The monoisotopic (exact) mass is 333 g/mol. The number of carbonyl (C=O) groups excluding carboxylic acids is 1. The molecule has 1 amide bonds. The molecule has 0 spiro atoms. The Kier molecular flexibility index (Phi) is 5.51. The van der Waals surface area contributed by atoms with E-state index in [1.54, 1.807) is 11.3 Å². The van der Waals surface area contributed by atoms with Crippen LogP contribution < -0.4 is 16.2 Å². The first-order valence-electron chi connectivity index (χ1n) is 7.01. The van der Waals surface area contributed by atoms with Crippen LogP contribution >= 0.6 is 23.6 Å². The fraction of sp³-hybridized carbons (Fsp3) is 0.250. The molecule has 0 unspecified atom stereocenters. The van der Waals surface area contributed by atoms with E-state index in [2.05, 4.69) is 29.2 Å². The van der Waals surface area contributed by atoms with Crippen LogP contribution in [0.2, 0.25) is 0 Å². The molecule has 3 N–H and O–H groups in total. The van der Waals surface area contributed by atoms with E-state index in [1.807, 2.05) is 37.4 Å². The van der Waals surface area contributed by atoms with E-state index < -0.39 is 0 Å². The maximum absolute atomic E-state index is 12.0. The first kappa shape index (κ1) is 16.5. The SMILES string of the molecule is CCc1cc(C(=O)NNC(=S)Nc2cc(C)cc(C)c2)cs1. The molecule has 0 aliphatic carbocycles.